The monoisotopic (exact) mass is 224 g/mol. The summed E-state index contributed by atoms with van der Waals surface area (Å²) in [5.74, 6) is -0.639. The van der Waals surface area contributed by atoms with Gasteiger partial charge in [0, 0.05) is 24.4 Å². The Labute approximate surface area is 92.5 Å². The van der Waals surface area contributed by atoms with Gasteiger partial charge in [-0.05, 0) is 24.6 Å². The molecule has 0 bridgehead atoms. The molecule has 0 saturated heterocycles. The number of hydrogen-bond donors (Lipinski definition) is 2. The molecule has 1 unspecified atom stereocenters. The zero-order valence-electron chi connectivity index (χ0n) is 8.69. The zero-order chi connectivity index (χ0) is 11.7. The van der Waals surface area contributed by atoms with Gasteiger partial charge in [-0.1, -0.05) is 0 Å². The van der Waals surface area contributed by atoms with Crippen molar-refractivity contribution in [3.63, 3.8) is 0 Å². The molecule has 0 saturated carbocycles. The maximum absolute atomic E-state index is 13.0. The lowest BCUT2D eigenvalue weighted by molar-refractivity contribution is -0.119. The predicted octanol–water partition coefficient (Wildman–Crippen LogP) is 0.554. The van der Waals surface area contributed by atoms with Crippen LogP contribution in [-0.2, 0) is 4.79 Å². The number of hydrogen-bond acceptors (Lipinski definition) is 3. The summed E-state index contributed by atoms with van der Waals surface area (Å²) in [4.78, 5) is 13.3. The van der Waals surface area contributed by atoms with Gasteiger partial charge in [0.05, 0.1) is 0 Å². The van der Waals surface area contributed by atoms with Crippen LogP contribution in [0.25, 0.3) is 0 Å². The summed E-state index contributed by atoms with van der Waals surface area (Å²) in [6.45, 7) is 0.414. The Hall–Kier alpha value is -1.46. The molecule has 4 nitrogen and oxygen atoms in total. The largest absolute Gasteiger partial charge is 0.396 e. The van der Waals surface area contributed by atoms with Crippen LogP contribution in [0.2, 0.25) is 0 Å². The number of benzene rings is 1. The molecule has 0 aromatic heterocycles. The number of rotatable bonds is 3. The summed E-state index contributed by atoms with van der Waals surface area (Å²) >= 11 is 0. The number of halogens is 1. The average molecular weight is 224 g/mol. The first kappa shape index (κ1) is 11.0. The second-order valence-corrected chi connectivity index (χ2v) is 3.75. The second kappa shape index (κ2) is 4.19. The van der Waals surface area contributed by atoms with Gasteiger partial charge in [0.1, 0.15) is 11.9 Å². The van der Waals surface area contributed by atoms with E-state index in [0.717, 1.165) is 0 Å². The van der Waals surface area contributed by atoms with Gasteiger partial charge in [0.25, 0.3) is 0 Å². The number of fused-ring (bicyclic) bond motifs is 1. The van der Waals surface area contributed by atoms with E-state index in [0.29, 0.717) is 24.2 Å². The molecule has 0 fully saturated rings. The molecule has 5 heteroatoms. The Morgan fingerprint density at radius 3 is 2.94 bits per heavy atom. The lowest BCUT2D eigenvalue weighted by atomic mass is 10.1. The van der Waals surface area contributed by atoms with E-state index in [-0.39, 0.29) is 12.5 Å². The molecule has 0 aliphatic carbocycles. The molecule has 16 heavy (non-hydrogen) atoms. The van der Waals surface area contributed by atoms with Crippen LogP contribution >= 0.6 is 0 Å². The SMILES string of the molecule is NC1C(=O)N(CCCO)c2ccc(F)cc21. The van der Waals surface area contributed by atoms with Crippen LogP contribution in [0.5, 0.6) is 0 Å². The first-order chi connectivity index (χ1) is 7.65. The van der Waals surface area contributed by atoms with Crippen LogP contribution < -0.4 is 10.6 Å². The highest BCUT2D eigenvalue weighted by molar-refractivity contribution is 6.04. The van der Waals surface area contributed by atoms with Gasteiger partial charge >= 0.3 is 0 Å². The van der Waals surface area contributed by atoms with E-state index in [1.54, 1.807) is 6.07 Å². The van der Waals surface area contributed by atoms with Gasteiger partial charge in [-0.3, -0.25) is 4.79 Å². The molecule has 2 rings (SSSR count). The molecular weight excluding hydrogens is 211 g/mol. The number of nitrogens with two attached hydrogens (primary N) is 1. The average Bonchev–Trinajstić information content (AvgIpc) is 2.50. The number of carbonyl (C=O) groups excluding carboxylic acids is 1. The molecule has 1 aliphatic rings. The van der Waals surface area contributed by atoms with Crippen LogP contribution in [0.3, 0.4) is 0 Å². The lowest BCUT2D eigenvalue weighted by Gasteiger charge is -2.16. The predicted molar refractivity (Wildman–Crippen MR) is 57.4 cm³/mol. The maximum Gasteiger partial charge on any atom is 0.248 e. The molecule has 1 aliphatic heterocycles. The van der Waals surface area contributed by atoms with Gasteiger partial charge in [0.15, 0.2) is 0 Å². The molecule has 1 aromatic rings. The van der Waals surface area contributed by atoms with Crippen molar-refractivity contribution >= 4 is 11.6 Å². The fourth-order valence-electron chi connectivity index (χ4n) is 1.90. The highest BCUT2D eigenvalue weighted by Crippen LogP contribution is 2.34. The van der Waals surface area contributed by atoms with Crippen LogP contribution in [0, 0.1) is 5.82 Å². The molecule has 0 radical (unpaired) electrons. The second-order valence-electron chi connectivity index (χ2n) is 3.75. The smallest absolute Gasteiger partial charge is 0.248 e. The van der Waals surface area contributed by atoms with Gasteiger partial charge in [-0.15, -0.1) is 0 Å². The Kier molecular flexibility index (Phi) is 2.89. The number of carbonyl (C=O) groups is 1. The van der Waals surface area contributed by atoms with Crippen molar-refractivity contribution in [3.8, 4) is 0 Å². The Morgan fingerprint density at radius 2 is 2.25 bits per heavy atom. The van der Waals surface area contributed by atoms with Crippen molar-refractivity contribution in [1.82, 2.24) is 0 Å². The van der Waals surface area contributed by atoms with E-state index < -0.39 is 11.9 Å². The summed E-state index contributed by atoms with van der Waals surface area (Å²) in [5, 5.41) is 8.74. The van der Waals surface area contributed by atoms with Crippen LogP contribution in [0.15, 0.2) is 18.2 Å². The van der Waals surface area contributed by atoms with Gasteiger partial charge < -0.3 is 15.7 Å². The van der Waals surface area contributed by atoms with Gasteiger partial charge in [-0.25, -0.2) is 4.39 Å². The minimum Gasteiger partial charge on any atom is -0.396 e. The Balaban J connectivity index is 2.34. The van der Waals surface area contributed by atoms with Crippen molar-refractivity contribution in [3.05, 3.63) is 29.6 Å². The number of anilines is 1. The van der Waals surface area contributed by atoms with Crippen LogP contribution in [-0.4, -0.2) is 24.2 Å². The minimum absolute atomic E-state index is 0.00947. The highest BCUT2D eigenvalue weighted by Gasteiger charge is 2.34. The summed E-state index contributed by atoms with van der Waals surface area (Å²) in [6, 6.07) is 3.35. The molecule has 86 valence electrons. The van der Waals surface area contributed by atoms with E-state index in [1.807, 2.05) is 0 Å². The zero-order valence-corrected chi connectivity index (χ0v) is 8.69. The first-order valence-corrected chi connectivity index (χ1v) is 5.12. The molecule has 1 aromatic carbocycles. The van der Waals surface area contributed by atoms with Crippen LogP contribution in [0.4, 0.5) is 10.1 Å². The van der Waals surface area contributed by atoms with E-state index in [1.165, 1.54) is 17.0 Å². The summed E-state index contributed by atoms with van der Waals surface area (Å²) in [6.07, 6.45) is 0.481. The Bertz CT molecular complexity index is 422. The van der Waals surface area contributed by atoms with E-state index in [4.69, 9.17) is 10.8 Å². The molecule has 1 heterocycles. The van der Waals surface area contributed by atoms with E-state index in [9.17, 15) is 9.18 Å². The normalized spacial score (nSPS) is 19.1. The van der Waals surface area contributed by atoms with Crippen LogP contribution in [0.1, 0.15) is 18.0 Å². The minimum atomic E-state index is -0.788. The number of aliphatic hydroxyl groups is 1. The van der Waals surface area contributed by atoms with Gasteiger partial charge in [-0.2, -0.15) is 0 Å². The van der Waals surface area contributed by atoms with Crippen molar-refractivity contribution < 1.29 is 14.3 Å². The topological polar surface area (TPSA) is 66.6 Å². The number of aliphatic hydroxyl groups excluding tert-OH is 1. The third-order valence-electron chi connectivity index (χ3n) is 2.69. The van der Waals surface area contributed by atoms with Crippen molar-refractivity contribution in [2.45, 2.75) is 12.5 Å². The Morgan fingerprint density at radius 1 is 1.50 bits per heavy atom. The number of amides is 1. The molecule has 1 amide bonds. The fraction of sp³-hybridized carbons (Fsp3) is 0.364. The lowest BCUT2D eigenvalue weighted by Crippen LogP contribution is -2.32. The maximum atomic E-state index is 13.0. The molecule has 0 spiro atoms. The quantitative estimate of drug-likeness (QED) is 0.788. The standard InChI is InChI=1S/C11H13FN2O2/c12-7-2-3-9-8(6-7)10(13)11(16)14(9)4-1-5-15/h2-3,6,10,15H,1,4-5,13H2. The van der Waals surface area contributed by atoms with Crippen molar-refractivity contribution in [1.29, 1.82) is 0 Å². The summed E-state index contributed by atoms with van der Waals surface area (Å²) < 4.78 is 13.0. The van der Waals surface area contributed by atoms with E-state index in [2.05, 4.69) is 0 Å². The highest BCUT2D eigenvalue weighted by atomic mass is 19.1. The van der Waals surface area contributed by atoms with E-state index >= 15 is 0 Å². The molecule has 3 N–H and O–H groups in total. The van der Waals surface area contributed by atoms with Crippen molar-refractivity contribution in [2.24, 2.45) is 5.73 Å². The van der Waals surface area contributed by atoms with Gasteiger partial charge in [0.2, 0.25) is 5.91 Å². The molecule has 1 atom stereocenters. The number of nitrogens with zero attached hydrogens (tertiary/aromatic N) is 1. The fourth-order valence-corrected chi connectivity index (χ4v) is 1.90. The third-order valence-corrected chi connectivity index (χ3v) is 2.69. The van der Waals surface area contributed by atoms with Crippen molar-refractivity contribution in [2.75, 3.05) is 18.1 Å². The summed E-state index contributed by atoms with van der Waals surface area (Å²) in [5.41, 5.74) is 6.86. The first-order valence-electron chi connectivity index (χ1n) is 5.12. The molecular formula is C11H13FN2O2. The summed E-state index contributed by atoms with van der Waals surface area (Å²) in [7, 11) is 0. The third kappa shape index (κ3) is 1.68.